The van der Waals surface area contributed by atoms with Gasteiger partial charge in [-0.2, -0.15) is 0 Å². The third-order valence-electron chi connectivity index (χ3n) is 6.73. The van der Waals surface area contributed by atoms with Gasteiger partial charge in [0.15, 0.2) is 0 Å². The molecule has 1 spiro atoms. The number of nitrogens with zero attached hydrogens (tertiary/aromatic N) is 4. The monoisotopic (exact) mass is 396 g/mol. The Morgan fingerprint density at radius 3 is 2.87 bits per heavy atom. The van der Waals surface area contributed by atoms with Crippen molar-refractivity contribution >= 4 is 11.7 Å². The summed E-state index contributed by atoms with van der Waals surface area (Å²) >= 11 is 0. The molecule has 0 atom stereocenters. The topological polar surface area (TPSA) is 46.6 Å². The van der Waals surface area contributed by atoms with E-state index in [0.29, 0.717) is 5.89 Å². The lowest BCUT2D eigenvalue weighted by molar-refractivity contribution is 0.175. The zero-order chi connectivity index (χ0) is 20.1. The number of aryl methyl sites for hydroxylation is 1. The third kappa shape index (κ3) is 2.81. The average Bonchev–Trinajstić information content (AvgIpc) is 3.48. The second-order valence-electron chi connectivity index (χ2n) is 8.49. The quantitative estimate of drug-likeness (QED) is 0.496. The van der Waals surface area contributed by atoms with Crippen LogP contribution in [-0.2, 0) is 12.0 Å². The van der Waals surface area contributed by atoms with E-state index in [-0.39, 0.29) is 5.41 Å². The predicted octanol–water partition coefficient (Wildman–Crippen LogP) is 4.86. The van der Waals surface area contributed by atoms with Gasteiger partial charge in [-0.25, -0.2) is 9.97 Å². The first kappa shape index (κ1) is 17.7. The number of pyridine rings is 1. The van der Waals surface area contributed by atoms with Crippen LogP contribution in [-0.4, -0.2) is 32.4 Å². The smallest absolute Gasteiger partial charge is 0.228 e. The molecule has 3 aromatic heterocycles. The Morgan fingerprint density at radius 2 is 1.97 bits per heavy atom. The minimum absolute atomic E-state index is 0.220. The Balaban J connectivity index is 1.18. The largest absolute Gasteiger partial charge is 0.441 e. The van der Waals surface area contributed by atoms with Crippen LogP contribution in [0.25, 0.3) is 23.2 Å². The molecular formula is C25H24N4O. The Hall–Kier alpha value is -3.18. The zero-order valence-corrected chi connectivity index (χ0v) is 17.1. The molecular weight excluding hydrogens is 372 g/mol. The van der Waals surface area contributed by atoms with Crippen molar-refractivity contribution in [1.82, 2.24) is 19.3 Å². The molecule has 0 unspecified atom stereocenters. The van der Waals surface area contributed by atoms with Crippen molar-refractivity contribution in [2.75, 3.05) is 13.1 Å². The summed E-state index contributed by atoms with van der Waals surface area (Å²) in [6.07, 6.45) is 12.8. The molecule has 30 heavy (non-hydrogen) atoms. The molecule has 4 aromatic rings. The summed E-state index contributed by atoms with van der Waals surface area (Å²) in [5.41, 5.74) is 6.04. The number of allylic oxidation sites excluding steroid dienone is 1. The van der Waals surface area contributed by atoms with Crippen LogP contribution in [0.5, 0.6) is 0 Å². The highest BCUT2D eigenvalue weighted by molar-refractivity contribution is 5.65. The van der Waals surface area contributed by atoms with Gasteiger partial charge in [0.2, 0.25) is 5.89 Å². The van der Waals surface area contributed by atoms with E-state index in [1.54, 1.807) is 6.20 Å². The van der Waals surface area contributed by atoms with Gasteiger partial charge < -0.3 is 8.82 Å². The fourth-order valence-electron chi connectivity index (χ4n) is 4.94. The van der Waals surface area contributed by atoms with Crippen molar-refractivity contribution in [3.8, 4) is 11.5 Å². The van der Waals surface area contributed by atoms with E-state index in [0.717, 1.165) is 55.1 Å². The molecule has 1 aliphatic heterocycles. The van der Waals surface area contributed by atoms with E-state index >= 15 is 0 Å². The molecule has 0 saturated carbocycles. The van der Waals surface area contributed by atoms with Crippen LogP contribution in [0.3, 0.4) is 0 Å². The number of likely N-dealkylation sites (tertiary alicyclic amines) is 1. The van der Waals surface area contributed by atoms with Crippen molar-refractivity contribution in [2.24, 2.45) is 0 Å². The Morgan fingerprint density at radius 1 is 1.10 bits per heavy atom. The Bertz CT molecular complexity index is 1260. The maximum absolute atomic E-state index is 6.02. The first-order valence-corrected chi connectivity index (χ1v) is 10.6. The second kappa shape index (κ2) is 6.67. The molecule has 0 radical (unpaired) electrons. The molecule has 1 aliphatic carbocycles. The molecule has 4 heterocycles. The molecule has 2 aliphatic rings. The summed E-state index contributed by atoms with van der Waals surface area (Å²) < 4.78 is 8.02. The molecule has 0 amide bonds. The first-order valence-electron chi connectivity index (χ1n) is 10.6. The normalized spacial score (nSPS) is 17.8. The van der Waals surface area contributed by atoms with Gasteiger partial charge in [0.25, 0.3) is 0 Å². The van der Waals surface area contributed by atoms with E-state index < -0.39 is 0 Å². The highest BCUT2D eigenvalue weighted by Crippen LogP contribution is 2.43. The van der Waals surface area contributed by atoms with Gasteiger partial charge in [-0.15, -0.1) is 0 Å². The maximum atomic E-state index is 6.02. The lowest BCUT2D eigenvalue weighted by Gasteiger charge is -2.39. The van der Waals surface area contributed by atoms with E-state index in [1.807, 2.05) is 35.9 Å². The summed E-state index contributed by atoms with van der Waals surface area (Å²) in [5.74, 6) is 1.58. The standard InChI is InChI=1S/C25H24N4O/c1-18-22(27-24(30-18)20-6-7-23-26-12-15-29(23)16-20)17-28-13-10-25(11-14-28)9-8-19-4-2-3-5-21(19)25/h2-9,12,15-16H,10-11,13-14,17H2,1H3. The number of hydrogen-bond donors (Lipinski definition) is 0. The fraction of sp³-hybridized carbons (Fsp3) is 0.280. The Labute approximate surface area is 175 Å². The van der Waals surface area contributed by atoms with Crippen LogP contribution >= 0.6 is 0 Å². The molecule has 6 rings (SSSR count). The second-order valence-corrected chi connectivity index (χ2v) is 8.49. The predicted molar refractivity (Wildman–Crippen MR) is 117 cm³/mol. The zero-order valence-electron chi connectivity index (χ0n) is 17.1. The molecule has 0 N–H and O–H groups in total. The Kier molecular flexibility index (Phi) is 3.93. The van der Waals surface area contributed by atoms with Crippen molar-refractivity contribution in [3.05, 3.63) is 83.6 Å². The molecule has 1 aromatic carbocycles. The van der Waals surface area contributed by atoms with Crippen molar-refractivity contribution in [3.63, 3.8) is 0 Å². The van der Waals surface area contributed by atoms with Crippen molar-refractivity contribution in [2.45, 2.75) is 31.7 Å². The summed E-state index contributed by atoms with van der Waals surface area (Å²) in [4.78, 5) is 11.6. The van der Waals surface area contributed by atoms with Gasteiger partial charge in [-0.1, -0.05) is 36.4 Å². The number of oxazole rings is 1. The maximum Gasteiger partial charge on any atom is 0.228 e. The van der Waals surface area contributed by atoms with E-state index in [1.165, 1.54) is 11.1 Å². The number of hydrogen-bond acceptors (Lipinski definition) is 4. The van der Waals surface area contributed by atoms with Gasteiger partial charge in [-0.3, -0.25) is 4.90 Å². The van der Waals surface area contributed by atoms with Gasteiger partial charge in [0, 0.05) is 30.6 Å². The average molecular weight is 396 g/mol. The van der Waals surface area contributed by atoms with Crippen LogP contribution < -0.4 is 0 Å². The van der Waals surface area contributed by atoms with Gasteiger partial charge in [0.1, 0.15) is 11.4 Å². The van der Waals surface area contributed by atoms with Crippen LogP contribution in [0.15, 0.2) is 65.5 Å². The fourth-order valence-corrected chi connectivity index (χ4v) is 4.94. The van der Waals surface area contributed by atoms with Crippen LogP contribution in [0.4, 0.5) is 0 Å². The number of imidazole rings is 1. The minimum Gasteiger partial charge on any atom is -0.441 e. The van der Waals surface area contributed by atoms with E-state index in [2.05, 4.69) is 46.3 Å². The first-order chi connectivity index (χ1) is 14.7. The number of piperidine rings is 1. The molecule has 5 heteroatoms. The third-order valence-corrected chi connectivity index (χ3v) is 6.73. The lowest BCUT2D eigenvalue weighted by atomic mass is 9.74. The van der Waals surface area contributed by atoms with Crippen molar-refractivity contribution < 1.29 is 4.42 Å². The van der Waals surface area contributed by atoms with Gasteiger partial charge in [0.05, 0.1) is 11.3 Å². The van der Waals surface area contributed by atoms with Crippen molar-refractivity contribution in [1.29, 1.82) is 0 Å². The van der Waals surface area contributed by atoms with Gasteiger partial charge >= 0.3 is 0 Å². The van der Waals surface area contributed by atoms with Crippen LogP contribution in [0, 0.1) is 6.92 Å². The van der Waals surface area contributed by atoms with E-state index in [4.69, 9.17) is 9.40 Å². The SMILES string of the molecule is Cc1oc(-c2ccc3nccn3c2)nc1CN1CCC2(C=Cc3ccccc32)CC1. The highest BCUT2D eigenvalue weighted by Gasteiger charge is 2.37. The van der Waals surface area contributed by atoms with Gasteiger partial charge in [-0.05, 0) is 56.1 Å². The summed E-state index contributed by atoms with van der Waals surface area (Å²) in [6.45, 7) is 5.00. The molecule has 150 valence electrons. The minimum atomic E-state index is 0.220. The van der Waals surface area contributed by atoms with E-state index in [9.17, 15) is 0 Å². The number of aromatic nitrogens is 3. The molecule has 1 fully saturated rings. The lowest BCUT2D eigenvalue weighted by Crippen LogP contribution is -2.40. The number of rotatable bonds is 3. The number of benzene rings is 1. The number of fused-ring (bicyclic) bond motifs is 3. The summed E-state index contributed by atoms with van der Waals surface area (Å²) in [5, 5.41) is 0. The summed E-state index contributed by atoms with van der Waals surface area (Å²) in [7, 11) is 0. The van der Waals surface area contributed by atoms with Crippen LogP contribution in [0.2, 0.25) is 0 Å². The molecule has 1 saturated heterocycles. The molecule has 5 nitrogen and oxygen atoms in total. The van der Waals surface area contributed by atoms with Crippen LogP contribution in [0.1, 0.15) is 35.4 Å². The highest BCUT2D eigenvalue weighted by atomic mass is 16.4. The molecule has 0 bridgehead atoms. The summed E-state index contributed by atoms with van der Waals surface area (Å²) in [6, 6.07) is 12.8.